The Bertz CT molecular complexity index is 842. The number of benzene rings is 1. The molecule has 1 amide bonds. The molecule has 0 spiro atoms. The van der Waals surface area contributed by atoms with Crippen molar-refractivity contribution >= 4 is 11.6 Å². The van der Waals surface area contributed by atoms with Crippen LogP contribution in [0, 0.1) is 13.8 Å². The molecule has 1 aliphatic carbocycles. The summed E-state index contributed by atoms with van der Waals surface area (Å²) in [5, 5.41) is 5.86. The molecule has 1 aromatic heterocycles. The average molecular weight is 356 g/mol. The predicted molar refractivity (Wildman–Crippen MR) is 95.9 cm³/mol. The number of ether oxygens (including phenoxy) is 1. The Balaban J connectivity index is 1.71. The highest BCUT2D eigenvalue weighted by atomic mass is 19.1. The van der Waals surface area contributed by atoms with E-state index in [1.165, 1.54) is 6.33 Å². The first-order chi connectivity index (χ1) is 12.5. The van der Waals surface area contributed by atoms with Gasteiger partial charge in [-0.3, -0.25) is 4.79 Å². The Labute approximate surface area is 151 Å². The molecule has 0 radical (unpaired) electrons. The first-order valence-corrected chi connectivity index (χ1v) is 8.77. The second kappa shape index (κ2) is 6.32. The monoisotopic (exact) mass is 356 g/mol. The number of hydrogen-bond acceptors (Lipinski definition) is 5. The van der Waals surface area contributed by atoms with Crippen LogP contribution >= 0.6 is 0 Å². The summed E-state index contributed by atoms with van der Waals surface area (Å²) in [5.74, 6) is 0.120. The van der Waals surface area contributed by atoms with Crippen molar-refractivity contribution in [3.05, 3.63) is 35.9 Å². The zero-order valence-corrected chi connectivity index (χ0v) is 14.8. The number of carbonyl (C=O) groups is 1. The fraction of sp³-hybridized carbons (Fsp3) is 0.421. The number of aromatic nitrogens is 2. The summed E-state index contributed by atoms with van der Waals surface area (Å²) in [4.78, 5) is 20.6. The molecule has 2 fully saturated rings. The number of rotatable bonds is 5. The van der Waals surface area contributed by atoms with Gasteiger partial charge in [-0.05, 0) is 44.9 Å². The van der Waals surface area contributed by atoms with E-state index in [9.17, 15) is 9.18 Å². The zero-order chi connectivity index (χ0) is 18.3. The van der Waals surface area contributed by atoms with Crippen molar-refractivity contribution in [2.75, 3.05) is 18.4 Å². The molecular formula is C19H21FN4O2. The standard InChI is InChI=1S/C19H21FN4O2/c1-11-17(12(2)23-10-22-11)15-7-13(24-18(25)19(20)5-6-19)3-4-16(15)26-14-8-21-9-14/h3-4,7,10,14,21H,5-6,8-9H2,1-2H3,(H,24,25). The highest BCUT2D eigenvalue weighted by Gasteiger charge is 2.50. The Morgan fingerprint density at radius 1 is 1.27 bits per heavy atom. The van der Waals surface area contributed by atoms with Crippen molar-refractivity contribution in [2.45, 2.75) is 38.5 Å². The van der Waals surface area contributed by atoms with Crippen LogP contribution in [0.4, 0.5) is 10.1 Å². The topological polar surface area (TPSA) is 76.1 Å². The molecule has 7 heteroatoms. The number of aryl methyl sites for hydroxylation is 2. The Morgan fingerprint density at radius 2 is 1.96 bits per heavy atom. The number of amides is 1. The quantitative estimate of drug-likeness (QED) is 0.861. The molecule has 2 N–H and O–H groups in total. The molecular weight excluding hydrogens is 335 g/mol. The van der Waals surface area contributed by atoms with Gasteiger partial charge in [-0.25, -0.2) is 14.4 Å². The van der Waals surface area contributed by atoms with Crippen LogP contribution in [0.15, 0.2) is 24.5 Å². The maximum Gasteiger partial charge on any atom is 0.262 e. The van der Waals surface area contributed by atoms with E-state index >= 15 is 0 Å². The van der Waals surface area contributed by atoms with Gasteiger partial charge in [0, 0.05) is 41.3 Å². The van der Waals surface area contributed by atoms with Gasteiger partial charge in [0.25, 0.3) is 5.91 Å². The van der Waals surface area contributed by atoms with Crippen LogP contribution in [0.1, 0.15) is 24.2 Å². The summed E-state index contributed by atoms with van der Waals surface area (Å²) in [7, 11) is 0. The summed E-state index contributed by atoms with van der Waals surface area (Å²) in [6.07, 6.45) is 2.20. The smallest absolute Gasteiger partial charge is 0.262 e. The minimum atomic E-state index is -1.71. The van der Waals surface area contributed by atoms with E-state index in [1.807, 2.05) is 26.0 Å². The van der Waals surface area contributed by atoms with Crippen LogP contribution in [0.2, 0.25) is 0 Å². The fourth-order valence-corrected chi connectivity index (χ4v) is 2.99. The van der Waals surface area contributed by atoms with Crippen molar-refractivity contribution in [3.8, 4) is 16.9 Å². The molecule has 136 valence electrons. The number of nitrogens with one attached hydrogen (secondary N) is 2. The third-order valence-corrected chi connectivity index (χ3v) is 4.87. The lowest BCUT2D eigenvalue weighted by atomic mass is 10.0. The Morgan fingerprint density at radius 3 is 2.54 bits per heavy atom. The van der Waals surface area contributed by atoms with Crippen LogP contribution < -0.4 is 15.4 Å². The largest absolute Gasteiger partial charge is 0.487 e. The predicted octanol–water partition coefficient (Wildman–Crippen LogP) is 2.55. The molecule has 1 saturated heterocycles. The van der Waals surface area contributed by atoms with Gasteiger partial charge in [0.2, 0.25) is 0 Å². The summed E-state index contributed by atoms with van der Waals surface area (Å²) in [5.41, 5.74) is 2.13. The van der Waals surface area contributed by atoms with Gasteiger partial charge in [0.05, 0.1) is 0 Å². The van der Waals surface area contributed by atoms with Crippen LogP contribution in [0.3, 0.4) is 0 Å². The van der Waals surface area contributed by atoms with Crippen LogP contribution in [-0.2, 0) is 4.79 Å². The van der Waals surface area contributed by atoms with Crippen molar-refractivity contribution in [1.82, 2.24) is 15.3 Å². The second-order valence-electron chi connectivity index (χ2n) is 6.95. The number of alkyl halides is 1. The highest BCUT2D eigenvalue weighted by Crippen LogP contribution is 2.41. The molecule has 0 unspecified atom stereocenters. The maximum absolute atomic E-state index is 14.0. The van der Waals surface area contributed by atoms with E-state index in [4.69, 9.17) is 4.74 Å². The molecule has 1 aliphatic heterocycles. The van der Waals surface area contributed by atoms with E-state index in [1.54, 1.807) is 6.07 Å². The molecule has 2 heterocycles. The van der Waals surface area contributed by atoms with Crippen molar-refractivity contribution in [3.63, 3.8) is 0 Å². The third-order valence-electron chi connectivity index (χ3n) is 4.87. The molecule has 2 aromatic rings. The molecule has 26 heavy (non-hydrogen) atoms. The lowest BCUT2D eigenvalue weighted by Crippen LogP contribution is -2.50. The SMILES string of the molecule is Cc1ncnc(C)c1-c1cc(NC(=O)C2(F)CC2)ccc1OC1CNC1. The number of anilines is 1. The summed E-state index contributed by atoms with van der Waals surface area (Å²) >= 11 is 0. The Hall–Kier alpha value is -2.54. The lowest BCUT2D eigenvalue weighted by molar-refractivity contribution is -0.122. The van der Waals surface area contributed by atoms with E-state index in [0.717, 1.165) is 35.6 Å². The summed E-state index contributed by atoms with van der Waals surface area (Å²) < 4.78 is 20.1. The minimum Gasteiger partial charge on any atom is -0.487 e. The highest BCUT2D eigenvalue weighted by molar-refractivity contribution is 6.00. The molecule has 6 nitrogen and oxygen atoms in total. The first-order valence-electron chi connectivity index (χ1n) is 8.77. The normalized spacial score (nSPS) is 18.1. The van der Waals surface area contributed by atoms with Crippen LogP contribution in [-0.4, -0.2) is 40.7 Å². The number of nitrogens with zero attached hydrogens (tertiary/aromatic N) is 2. The van der Waals surface area contributed by atoms with E-state index < -0.39 is 11.6 Å². The van der Waals surface area contributed by atoms with Crippen LogP contribution in [0.5, 0.6) is 5.75 Å². The van der Waals surface area contributed by atoms with Gasteiger partial charge < -0.3 is 15.4 Å². The Kier molecular flexibility index (Phi) is 4.11. The van der Waals surface area contributed by atoms with Crippen LogP contribution in [0.25, 0.3) is 11.1 Å². The molecule has 0 bridgehead atoms. The van der Waals surface area contributed by atoms with Gasteiger partial charge in [0.1, 0.15) is 18.2 Å². The maximum atomic E-state index is 14.0. The zero-order valence-electron chi connectivity index (χ0n) is 14.8. The minimum absolute atomic E-state index is 0.111. The second-order valence-corrected chi connectivity index (χ2v) is 6.95. The number of carbonyl (C=O) groups excluding carboxylic acids is 1. The average Bonchev–Trinajstić information content (AvgIpc) is 3.31. The molecule has 0 atom stereocenters. The molecule has 2 aliphatic rings. The van der Waals surface area contributed by atoms with Gasteiger partial charge in [-0.1, -0.05) is 0 Å². The van der Waals surface area contributed by atoms with Gasteiger partial charge in [-0.2, -0.15) is 0 Å². The van der Waals surface area contributed by atoms with Crippen molar-refractivity contribution in [2.24, 2.45) is 0 Å². The fourth-order valence-electron chi connectivity index (χ4n) is 2.99. The van der Waals surface area contributed by atoms with E-state index in [0.29, 0.717) is 11.4 Å². The van der Waals surface area contributed by atoms with Crippen molar-refractivity contribution < 1.29 is 13.9 Å². The number of hydrogen-bond donors (Lipinski definition) is 2. The van der Waals surface area contributed by atoms with Crippen molar-refractivity contribution in [1.29, 1.82) is 0 Å². The molecule has 1 saturated carbocycles. The summed E-state index contributed by atoms with van der Waals surface area (Å²) in [6.45, 7) is 5.41. The van der Waals surface area contributed by atoms with Gasteiger partial charge >= 0.3 is 0 Å². The van der Waals surface area contributed by atoms with E-state index in [-0.39, 0.29) is 18.9 Å². The van der Waals surface area contributed by atoms with Gasteiger partial charge in [-0.15, -0.1) is 0 Å². The van der Waals surface area contributed by atoms with Gasteiger partial charge in [0.15, 0.2) is 5.67 Å². The molecule has 4 rings (SSSR count). The number of halogens is 1. The molecule has 1 aromatic carbocycles. The first kappa shape index (κ1) is 16.9. The summed E-state index contributed by atoms with van der Waals surface area (Å²) in [6, 6.07) is 5.36. The van der Waals surface area contributed by atoms with E-state index in [2.05, 4.69) is 20.6 Å². The lowest BCUT2D eigenvalue weighted by Gasteiger charge is -2.29. The third kappa shape index (κ3) is 3.14.